The highest BCUT2D eigenvalue weighted by Crippen LogP contribution is 2.41. The molecule has 0 saturated heterocycles. The zero-order chi connectivity index (χ0) is 37.3. The van der Waals surface area contributed by atoms with Crippen molar-refractivity contribution in [1.29, 1.82) is 0 Å². The highest BCUT2D eigenvalue weighted by molar-refractivity contribution is 6.31. The number of halogens is 1. The number of benzene rings is 3. The second kappa shape index (κ2) is 12.8. The van der Waals surface area contributed by atoms with E-state index in [9.17, 15) is 20.1 Å². The average Bonchev–Trinajstić information content (AvgIpc) is 3.07. The molecule has 266 valence electrons. The zero-order valence-electron chi connectivity index (χ0n) is 32.1. The first-order valence-electron chi connectivity index (χ1n) is 17.8. The maximum Gasteiger partial charge on any atom is 0.183 e. The highest BCUT2D eigenvalue weighted by Gasteiger charge is 2.27. The molecule has 4 aromatic carbocycles. The van der Waals surface area contributed by atoms with Crippen molar-refractivity contribution in [2.75, 3.05) is 0 Å². The minimum atomic E-state index is -0.361. The van der Waals surface area contributed by atoms with Crippen molar-refractivity contribution < 1.29 is 15.3 Å². The molecular weight excluding hydrogens is 640 g/mol. The van der Waals surface area contributed by atoms with Crippen LogP contribution >= 0.6 is 11.6 Å². The molecule has 0 saturated carbocycles. The summed E-state index contributed by atoms with van der Waals surface area (Å²) in [4.78, 5) is 14.2. The Morgan fingerprint density at radius 1 is 0.440 bits per heavy atom. The van der Waals surface area contributed by atoms with Gasteiger partial charge in [-0.3, -0.25) is 4.79 Å². The van der Waals surface area contributed by atoms with Gasteiger partial charge in [-0.05, 0) is 95.0 Å². The topological polar surface area (TPSA) is 77.8 Å². The fourth-order valence-corrected chi connectivity index (χ4v) is 7.23. The van der Waals surface area contributed by atoms with Crippen molar-refractivity contribution in [3.63, 3.8) is 0 Å². The third-order valence-electron chi connectivity index (χ3n) is 10.2. The van der Waals surface area contributed by atoms with Crippen LogP contribution in [0.25, 0.3) is 0 Å². The predicted octanol–water partition coefficient (Wildman–Crippen LogP) is 10.7. The molecule has 5 heteroatoms. The molecule has 0 unspecified atom stereocenters. The molecule has 0 spiro atoms. The summed E-state index contributed by atoms with van der Waals surface area (Å²) in [5, 5.41) is 36.2. The van der Waals surface area contributed by atoms with Crippen LogP contribution in [0.4, 0.5) is 0 Å². The molecule has 4 nitrogen and oxygen atoms in total. The SMILES string of the molecule is CC(C)(C)c1cc2c(O)c(c1)Cc1cc(C(C)(C)C)cc(c1O)Cc1cc(C(C)(C)C)cc(c1O)Cc1c(Cl)cc(C(C)(C)C)c(cc1=O)C2. The Kier molecular flexibility index (Phi) is 9.58. The number of aromatic hydroxyl groups is 3. The maximum absolute atomic E-state index is 14.2. The second-order valence-electron chi connectivity index (χ2n) is 18.6. The Labute approximate surface area is 304 Å². The van der Waals surface area contributed by atoms with Gasteiger partial charge in [-0.2, -0.15) is 0 Å². The Balaban J connectivity index is 1.94. The summed E-state index contributed by atoms with van der Waals surface area (Å²) < 4.78 is 0. The van der Waals surface area contributed by atoms with Gasteiger partial charge in [0.1, 0.15) is 17.2 Å². The van der Waals surface area contributed by atoms with Gasteiger partial charge in [-0.15, -0.1) is 0 Å². The molecule has 0 fully saturated rings. The van der Waals surface area contributed by atoms with E-state index >= 15 is 0 Å². The summed E-state index contributed by atoms with van der Waals surface area (Å²) in [6.07, 6.45) is 1.06. The van der Waals surface area contributed by atoms with Crippen molar-refractivity contribution in [3.05, 3.63) is 131 Å². The molecule has 1 aliphatic carbocycles. The quantitative estimate of drug-likeness (QED) is 0.151. The van der Waals surface area contributed by atoms with Crippen LogP contribution in [0.5, 0.6) is 17.2 Å². The minimum Gasteiger partial charge on any atom is -0.507 e. The summed E-state index contributed by atoms with van der Waals surface area (Å²) in [6, 6.07) is 15.8. The van der Waals surface area contributed by atoms with Gasteiger partial charge in [0.05, 0.1) is 0 Å². The van der Waals surface area contributed by atoms with Crippen LogP contribution in [0.15, 0.2) is 53.3 Å². The van der Waals surface area contributed by atoms with Crippen molar-refractivity contribution in [3.8, 4) is 17.2 Å². The van der Waals surface area contributed by atoms with Crippen LogP contribution in [-0.2, 0) is 47.3 Å². The van der Waals surface area contributed by atoms with E-state index in [-0.39, 0.29) is 57.2 Å². The Morgan fingerprint density at radius 2 is 0.740 bits per heavy atom. The Hall–Kier alpha value is -3.76. The van der Waals surface area contributed by atoms with Crippen LogP contribution < -0.4 is 5.43 Å². The fraction of sp³-hybridized carbons (Fsp3) is 0.444. The first kappa shape index (κ1) is 37.5. The van der Waals surface area contributed by atoms with Gasteiger partial charge in [-0.25, -0.2) is 0 Å². The largest absolute Gasteiger partial charge is 0.507 e. The summed E-state index contributed by atoms with van der Waals surface area (Å²) in [7, 11) is 0. The van der Waals surface area contributed by atoms with E-state index in [1.165, 1.54) is 0 Å². The standard InChI is InChI=1S/C45H55ClO4/c1-42(2,3)32-16-26-13-25-23-38(47)35(37(46)24-36(25)45(10,11)12)22-31-21-34(44(7,8)9)20-30(41(31)50)15-29-19-33(43(4,5)6)18-28(40(29)49)14-27(17-32)39(26)48/h16-21,23-24,48-50H,13-15,22H2,1-12H3. The zero-order valence-corrected chi connectivity index (χ0v) is 32.8. The highest BCUT2D eigenvalue weighted by atomic mass is 35.5. The lowest BCUT2D eigenvalue weighted by Gasteiger charge is -2.26. The third kappa shape index (κ3) is 7.61. The molecule has 50 heavy (non-hydrogen) atoms. The number of fused-ring (bicyclic) bond motifs is 9. The van der Waals surface area contributed by atoms with Gasteiger partial charge in [0.25, 0.3) is 0 Å². The molecule has 1 aliphatic rings. The summed E-state index contributed by atoms with van der Waals surface area (Å²) in [5.74, 6) is 0.417. The predicted molar refractivity (Wildman–Crippen MR) is 208 cm³/mol. The second-order valence-corrected chi connectivity index (χ2v) is 19.0. The molecule has 0 aliphatic heterocycles. The Bertz CT molecular complexity index is 2040. The maximum atomic E-state index is 14.2. The smallest absolute Gasteiger partial charge is 0.183 e. The van der Waals surface area contributed by atoms with Crippen LogP contribution in [0.2, 0.25) is 5.02 Å². The fourth-order valence-electron chi connectivity index (χ4n) is 6.96. The van der Waals surface area contributed by atoms with E-state index in [4.69, 9.17) is 11.6 Å². The molecule has 4 aromatic rings. The molecule has 0 radical (unpaired) electrons. The lowest BCUT2D eigenvalue weighted by atomic mass is 9.80. The van der Waals surface area contributed by atoms with Gasteiger partial charge in [0.15, 0.2) is 5.43 Å². The van der Waals surface area contributed by atoms with Crippen molar-refractivity contribution in [2.45, 2.75) is 130 Å². The molecule has 5 rings (SSSR count). The minimum absolute atomic E-state index is 0.0989. The van der Waals surface area contributed by atoms with Crippen LogP contribution in [-0.4, -0.2) is 15.3 Å². The number of rotatable bonds is 0. The van der Waals surface area contributed by atoms with Crippen LogP contribution in [0, 0.1) is 0 Å². The molecule has 0 amide bonds. The van der Waals surface area contributed by atoms with Gasteiger partial charge >= 0.3 is 0 Å². The summed E-state index contributed by atoms with van der Waals surface area (Å²) in [6.45, 7) is 25.6. The van der Waals surface area contributed by atoms with E-state index in [1.807, 2.05) is 36.4 Å². The van der Waals surface area contributed by atoms with Crippen molar-refractivity contribution >= 4 is 11.6 Å². The molecular formula is C45H55ClO4. The molecule has 0 aromatic heterocycles. The van der Waals surface area contributed by atoms with E-state index in [0.717, 1.165) is 38.9 Å². The molecule has 8 bridgehead atoms. The lowest BCUT2D eigenvalue weighted by Crippen LogP contribution is -2.16. The third-order valence-corrected chi connectivity index (χ3v) is 10.6. The van der Waals surface area contributed by atoms with Crippen LogP contribution in [0.1, 0.15) is 150 Å². The summed E-state index contributed by atoms with van der Waals surface area (Å²) >= 11 is 7.07. The number of phenols is 3. The molecule has 0 atom stereocenters. The molecule has 0 heterocycles. The normalized spacial score (nSPS) is 14.1. The number of phenolic OH excluding ortho intramolecular Hbond substituents is 3. The van der Waals surface area contributed by atoms with Gasteiger partial charge in [0, 0.05) is 36.3 Å². The van der Waals surface area contributed by atoms with Crippen molar-refractivity contribution in [1.82, 2.24) is 0 Å². The van der Waals surface area contributed by atoms with Crippen molar-refractivity contribution in [2.24, 2.45) is 0 Å². The van der Waals surface area contributed by atoms with E-state index in [1.54, 1.807) is 6.07 Å². The van der Waals surface area contributed by atoms with Gasteiger partial charge in [-0.1, -0.05) is 131 Å². The first-order valence-corrected chi connectivity index (χ1v) is 18.1. The van der Waals surface area contributed by atoms with Gasteiger partial charge < -0.3 is 15.3 Å². The number of hydrogen-bond acceptors (Lipinski definition) is 4. The van der Waals surface area contributed by atoms with E-state index < -0.39 is 0 Å². The van der Waals surface area contributed by atoms with Crippen LogP contribution in [0.3, 0.4) is 0 Å². The van der Waals surface area contributed by atoms with Gasteiger partial charge in [0.2, 0.25) is 0 Å². The number of hydrogen-bond donors (Lipinski definition) is 3. The lowest BCUT2D eigenvalue weighted by molar-refractivity contribution is 0.452. The monoisotopic (exact) mass is 694 g/mol. The average molecular weight is 695 g/mol. The Morgan fingerprint density at radius 3 is 1.04 bits per heavy atom. The van der Waals surface area contributed by atoms with E-state index in [2.05, 4.69) is 89.2 Å². The molecule has 3 N–H and O–H groups in total. The first-order chi connectivity index (χ1) is 22.8. The summed E-state index contributed by atoms with van der Waals surface area (Å²) in [5.41, 5.74) is 8.11. The van der Waals surface area contributed by atoms with E-state index in [0.29, 0.717) is 45.7 Å².